The van der Waals surface area contributed by atoms with Crippen molar-refractivity contribution in [3.05, 3.63) is 0 Å². The average molecular weight is 186 g/mol. The van der Waals surface area contributed by atoms with E-state index in [2.05, 4.69) is 10.6 Å². The Hall–Kier alpha value is -1.06. The predicted octanol–water partition coefficient (Wildman–Crippen LogP) is 0.285. The van der Waals surface area contributed by atoms with Crippen molar-refractivity contribution in [1.29, 1.82) is 0 Å². The Labute approximate surface area is 79.1 Å². The molecule has 0 spiro atoms. The van der Waals surface area contributed by atoms with E-state index in [-0.39, 0.29) is 17.2 Å². The molecule has 0 aromatic heterocycles. The van der Waals surface area contributed by atoms with Crippen molar-refractivity contribution in [3.8, 4) is 0 Å². The summed E-state index contributed by atoms with van der Waals surface area (Å²) in [6.07, 6.45) is 0. The van der Waals surface area contributed by atoms with Crippen LogP contribution in [0.5, 0.6) is 0 Å². The Morgan fingerprint density at radius 3 is 1.54 bits per heavy atom. The van der Waals surface area contributed by atoms with Crippen LogP contribution in [0.3, 0.4) is 0 Å². The third-order valence-electron chi connectivity index (χ3n) is 1.63. The predicted molar refractivity (Wildman–Crippen MR) is 51.1 cm³/mol. The van der Waals surface area contributed by atoms with Crippen molar-refractivity contribution < 1.29 is 9.59 Å². The lowest BCUT2D eigenvalue weighted by Gasteiger charge is -2.24. The first-order valence-corrected chi connectivity index (χ1v) is 4.32. The molecule has 0 aromatic carbocycles. The van der Waals surface area contributed by atoms with Crippen molar-refractivity contribution in [3.63, 3.8) is 0 Å². The molecule has 0 bridgehead atoms. The normalized spacial score (nSPS) is 10.8. The molecule has 0 aromatic rings. The Kier molecular flexibility index (Phi) is 4.45. The van der Waals surface area contributed by atoms with Gasteiger partial charge in [-0.15, -0.1) is 0 Å². The standard InChI is InChI=1S/C9H18N2O2/c1-7(12)10-5-9(3,4)6-11-8(2)13/h5-6H2,1-4H3,(H,10,12)(H,11,13). The molecule has 4 nitrogen and oxygen atoms in total. The maximum Gasteiger partial charge on any atom is 0.216 e. The monoisotopic (exact) mass is 186 g/mol. The summed E-state index contributed by atoms with van der Waals surface area (Å²) in [7, 11) is 0. The molecule has 2 N–H and O–H groups in total. The fraction of sp³-hybridized carbons (Fsp3) is 0.778. The second-order valence-corrected chi connectivity index (χ2v) is 3.98. The van der Waals surface area contributed by atoms with E-state index in [1.54, 1.807) is 0 Å². The Bertz CT molecular complexity index is 180. The Morgan fingerprint density at radius 1 is 1.00 bits per heavy atom. The highest BCUT2D eigenvalue weighted by Crippen LogP contribution is 2.11. The van der Waals surface area contributed by atoms with Crippen LogP contribution in [0.1, 0.15) is 27.7 Å². The van der Waals surface area contributed by atoms with Gasteiger partial charge in [-0.3, -0.25) is 9.59 Å². The number of carbonyl (C=O) groups excluding carboxylic acids is 2. The van der Waals surface area contributed by atoms with E-state index in [4.69, 9.17) is 0 Å². The van der Waals surface area contributed by atoms with E-state index in [9.17, 15) is 9.59 Å². The summed E-state index contributed by atoms with van der Waals surface area (Å²) in [5, 5.41) is 5.44. The van der Waals surface area contributed by atoms with Crippen LogP contribution in [0.15, 0.2) is 0 Å². The molecule has 0 saturated carbocycles. The lowest BCUT2D eigenvalue weighted by atomic mass is 9.93. The third-order valence-corrected chi connectivity index (χ3v) is 1.63. The van der Waals surface area contributed by atoms with Gasteiger partial charge in [-0.1, -0.05) is 13.8 Å². The van der Waals surface area contributed by atoms with Gasteiger partial charge in [-0.05, 0) is 5.41 Å². The van der Waals surface area contributed by atoms with Crippen LogP contribution in [0.25, 0.3) is 0 Å². The molecule has 0 aliphatic rings. The lowest BCUT2D eigenvalue weighted by molar-refractivity contribution is -0.119. The van der Waals surface area contributed by atoms with E-state index in [0.29, 0.717) is 13.1 Å². The smallest absolute Gasteiger partial charge is 0.216 e. The number of nitrogens with one attached hydrogen (secondary N) is 2. The molecule has 0 aliphatic heterocycles. The summed E-state index contributed by atoms with van der Waals surface area (Å²) in [6, 6.07) is 0. The van der Waals surface area contributed by atoms with Gasteiger partial charge in [0.1, 0.15) is 0 Å². The molecule has 2 amide bonds. The number of carbonyl (C=O) groups is 2. The minimum atomic E-state index is -0.0999. The minimum absolute atomic E-state index is 0.0455. The lowest BCUT2D eigenvalue weighted by Crippen LogP contribution is -2.40. The van der Waals surface area contributed by atoms with Gasteiger partial charge in [-0.25, -0.2) is 0 Å². The molecule has 4 heteroatoms. The quantitative estimate of drug-likeness (QED) is 0.662. The van der Waals surface area contributed by atoms with Gasteiger partial charge in [0, 0.05) is 26.9 Å². The number of amides is 2. The van der Waals surface area contributed by atoms with Crippen molar-refractivity contribution in [2.24, 2.45) is 5.41 Å². The topological polar surface area (TPSA) is 58.2 Å². The van der Waals surface area contributed by atoms with Crippen LogP contribution in [0.2, 0.25) is 0 Å². The van der Waals surface area contributed by atoms with Crippen LogP contribution < -0.4 is 10.6 Å². The Balaban J connectivity index is 3.79. The molecule has 0 unspecified atom stereocenters. The highest BCUT2D eigenvalue weighted by atomic mass is 16.2. The molecule has 0 fully saturated rings. The number of rotatable bonds is 4. The van der Waals surface area contributed by atoms with Crippen LogP contribution >= 0.6 is 0 Å². The molecule has 13 heavy (non-hydrogen) atoms. The van der Waals surface area contributed by atoms with Crippen molar-refractivity contribution in [2.45, 2.75) is 27.7 Å². The molecule has 0 rings (SSSR count). The van der Waals surface area contributed by atoms with E-state index in [1.807, 2.05) is 13.8 Å². The average Bonchev–Trinajstić information content (AvgIpc) is 1.98. The zero-order valence-electron chi connectivity index (χ0n) is 8.73. The van der Waals surface area contributed by atoms with E-state index < -0.39 is 0 Å². The number of hydrogen-bond donors (Lipinski definition) is 2. The van der Waals surface area contributed by atoms with Crippen LogP contribution in [0, 0.1) is 5.41 Å². The van der Waals surface area contributed by atoms with Gasteiger partial charge in [0.25, 0.3) is 0 Å². The van der Waals surface area contributed by atoms with Crippen molar-refractivity contribution >= 4 is 11.8 Å². The first-order valence-electron chi connectivity index (χ1n) is 4.32. The fourth-order valence-electron chi connectivity index (χ4n) is 0.790. The second-order valence-electron chi connectivity index (χ2n) is 3.98. The second kappa shape index (κ2) is 4.84. The zero-order chi connectivity index (χ0) is 10.5. The summed E-state index contributed by atoms with van der Waals surface area (Å²) >= 11 is 0. The number of hydrogen-bond acceptors (Lipinski definition) is 2. The molecule has 0 aliphatic carbocycles. The van der Waals surface area contributed by atoms with E-state index >= 15 is 0 Å². The van der Waals surface area contributed by atoms with Crippen LogP contribution in [-0.4, -0.2) is 24.9 Å². The van der Waals surface area contributed by atoms with E-state index in [1.165, 1.54) is 13.8 Å². The molecular formula is C9H18N2O2. The molecule has 0 saturated heterocycles. The maximum absolute atomic E-state index is 10.6. The highest BCUT2D eigenvalue weighted by molar-refractivity contribution is 5.73. The van der Waals surface area contributed by atoms with Gasteiger partial charge in [0.15, 0.2) is 0 Å². The summed E-state index contributed by atoms with van der Waals surface area (Å²) < 4.78 is 0. The van der Waals surface area contributed by atoms with Gasteiger partial charge in [0.2, 0.25) is 11.8 Å². The van der Waals surface area contributed by atoms with E-state index in [0.717, 1.165) is 0 Å². The fourth-order valence-corrected chi connectivity index (χ4v) is 0.790. The largest absolute Gasteiger partial charge is 0.356 e. The summed E-state index contributed by atoms with van der Waals surface area (Å²) in [5.41, 5.74) is -0.0999. The van der Waals surface area contributed by atoms with Gasteiger partial charge < -0.3 is 10.6 Å². The first kappa shape index (κ1) is 11.9. The molecule has 0 radical (unpaired) electrons. The molecule has 0 heterocycles. The summed E-state index contributed by atoms with van der Waals surface area (Å²) in [5.74, 6) is -0.0909. The SMILES string of the molecule is CC(=O)NCC(C)(C)CNC(C)=O. The Morgan fingerprint density at radius 2 is 1.31 bits per heavy atom. The summed E-state index contributed by atoms with van der Waals surface area (Å²) in [6.45, 7) is 8.08. The third kappa shape index (κ3) is 7.31. The van der Waals surface area contributed by atoms with Gasteiger partial charge in [0.05, 0.1) is 0 Å². The molecular weight excluding hydrogens is 168 g/mol. The molecule has 76 valence electrons. The highest BCUT2D eigenvalue weighted by Gasteiger charge is 2.18. The van der Waals surface area contributed by atoms with Crippen molar-refractivity contribution in [2.75, 3.05) is 13.1 Å². The first-order chi connectivity index (χ1) is 5.83. The van der Waals surface area contributed by atoms with Crippen LogP contribution in [-0.2, 0) is 9.59 Å². The van der Waals surface area contributed by atoms with Gasteiger partial charge >= 0.3 is 0 Å². The van der Waals surface area contributed by atoms with Gasteiger partial charge in [-0.2, -0.15) is 0 Å². The minimum Gasteiger partial charge on any atom is -0.356 e. The summed E-state index contributed by atoms with van der Waals surface area (Å²) in [4.78, 5) is 21.3. The van der Waals surface area contributed by atoms with Crippen LogP contribution in [0.4, 0.5) is 0 Å². The zero-order valence-corrected chi connectivity index (χ0v) is 8.73. The maximum atomic E-state index is 10.6. The van der Waals surface area contributed by atoms with Crippen molar-refractivity contribution in [1.82, 2.24) is 10.6 Å². The molecule has 0 atom stereocenters.